The molecule has 0 aliphatic heterocycles. The van der Waals surface area contributed by atoms with Gasteiger partial charge >= 0.3 is 6.03 Å². The number of aryl methyl sites for hydroxylation is 2. The number of nitrogens with one attached hydrogen (secondary N) is 1. The highest BCUT2D eigenvalue weighted by atomic mass is 32.2. The van der Waals surface area contributed by atoms with Crippen molar-refractivity contribution >= 4 is 45.3 Å². The standard InChI is InChI=1S/C23H26N4O3S2/c1-14-7-8-16-17(13-14)32-20-19(16)21(29)27(11-9-15-5-3-2-4-6-15)23(26-20)31-12-10-18(28)25-22(24)30/h2-6,14H,7-13H2,1H3,(H3,24,25,28,30). The zero-order valence-corrected chi connectivity index (χ0v) is 19.6. The van der Waals surface area contributed by atoms with Crippen LogP contribution in [0.3, 0.4) is 0 Å². The lowest BCUT2D eigenvalue weighted by Crippen LogP contribution is -2.35. The number of hydrogen-bond acceptors (Lipinski definition) is 6. The van der Waals surface area contributed by atoms with Crippen molar-refractivity contribution in [1.82, 2.24) is 14.9 Å². The number of aromatic nitrogens is 2. The van der Waals surface area contributed by atoms with Crippen LogP contribution in [0.2, 0.25) is 0 Å². The lowest BCUT2D eigenvalue weighted by molar-refractivity contribution is -0.119. The second-order valence-electron chi connectivity index (χ2n) is 8.13. The molecule has 3 amide bonds. The number of rotatable bonds is 7. The minimum Gasteiger partial charge on any atom is -0.351 e. The van der Waals surface area contributed by atoms with Gasteiger partial charge in [-0.15, -0.1) is 11.3 Å². The van der Waals surface area contributed by atoms with E-state index < -0.39 is 11.9 Å². The van der Waals surface area contributed by atoms with E-state index in [-0.39, 0.29) is 12.0 Å². The third-order valence-electron chi connectivity index (χ3n) is 5.67. The number of amides is 3. The first-order chi connectivity index (χ1) is 15.4. The molecule has 7 nitrogen and oxygen atoms in total. The van der Waals surface area contributed by atoms with Crippen LogP contribution in [-0.2, 0) is 30.6 Å². The van der Waals surface area contributed by atoms with Gasteiger partial charge in [0, 0.05) is 23.6 Å². The van der Waals surface area contributed by atoms with Crippen LogP contribution < -0.4 is 16.6 Å². The first kappa shape index (κ1) is 22.5. The molecular formula is C23H26N4O3S2. The SMILES string of the molecule is CC1CCc2c(sc3nc(SCCC(=O)NC(N)=O)n(CCc4ccccc4)c(=O)c23)C1. The Morgan fingerprint density at radius 1 is 1.31 bits per heavy atom. The van der Waals surface area contributed by atoms with E-state index in [9.17, 15) is 14.4 Å². The molecule has 1 aliphatic carbocycles. The monoisotopic (exact) mass is 470 g/mol. The molecular weight excluding hydrogens is 444 g/mol. The number of benzene rings is 1. The van der Waals surface area contributed by atoms with E-state index in [1.54, 1.807) is 15.9 Å². The van der Waals surface area contributed by atoms with Gasteiger partial charge in [-0.05, 0) is 42.7 Å². The fraction of sp³-hybridized carbons (Fsp3) is 0.391. The van der Waals surface area contributed by atoms with E-state index in [2.05, 4.69) is 12.2 Å². The van der Waals surface area contributed by atoms with Gasteiger partial charge in [-0.1, -0.05) is 49.0 Å². The zero-order chi connectivity index (χ0) is 22.7. The molecule has 1 aromatic carbocycles. The van der Waals surface area contributed by atoms with Gasteiger partial charge in [0.15, 0.2) is 5.16 Å². The summed E-state index contributed by atoms with van der Waals surface area (Å²) in [4.78, 5) is 43.1. The maximum atomic E-state index is 13.6. The van der Waals surface area contributed by atoms with E-state index in [0.717, 1.165) is 35.0 Å². The summed E-state index contributed by atoms with van der Waals surface area (Å²) in [5.74, 6) is 0.572. The molecule has 2 heterocycles. The Labute approximate surface area is 194 Å². The largest absolute Gasteiger partial charge is 0.351 e. The highest BCUT2D eigenvalue weighted by Crippen LogP contribution is 2.36. The van der Waals surface area contributed by atoms with Crippen LogP contribution in [0.5, 0.6) is 0 Å². The molecule has 0 bridgehead atoms. The number of fused-ring (bicyclic) bond motifs is 3. The average Bonchev–Trinajstić information content (AvgIpc) is 3.11. The van der Waals surface area contributed by atoms with Crippen LogP contribution in [-0.4, -0.2) is 27.2 Å². The summed E-state index contributed by atoms with van der Waals surface area (Å²) in [7, 11) is 0. The number of nitrogens with two attached hydrogens (primary N) is 1. The van der Waals surface area contributed by atoms with E-state index in [4.69, 9.17) is 10.7 Å². The number of urea groups is 1. The molecule has 0 radical (unpaired) electrons. The Balaban J connectivity index is 1.65. The molecule has 0 fully saturated rings. The molecule has 0 saturated carbocycles. The van der Waals surface area contributed by atoms with E-state index in [1.807, 2.05) is 30.3 Å². The molecule has 9 heteroatoms. The lowest BCUT2D eigenvalue weighted by Gasteiger charge is -2.17. The van der Waals surface area contributed by atoms with Crippen molar-refractivity contribution in [3.05, 3.63) is 56.7 Å². The van der Waals surface area contributed by atoms with Gasteiger partial charge in [-0.2, -0.15) is 0 Å². The summed E-state index contributed by atoms with van der Waals surface area (Å²) in [6.07, 6.45) is 3.83. The summed E-state index contributed by atoms with van der Waals surface area (Å²) < 4.78 is 1.75. The van der Waals surface area contributed by atoms with Gasteiger partial charge in [0.25, 0.3) is 5.56 Å². The van der Waals surface area contributed by atoms with Crippen molar-refractivity contribution in [2.24, 2.45) is 11.7 Å². The van der Waals surface area contributed by atoms with Crippen LogP contribution in [0, 0.1) is 5.92 Å². The van der Waals surface area contributed by atoms with Crippen molar-refractivity contribution in [2.75, 3.05) is 5.75 Å². The molecule has 3 N–H and O–H groups in total. The highest BCUT2D eigenvalue weighted by Gasteiger charge is 2.24. The molecule has 32 heavy (non-hydrogen) atoms. The molecule has 1 unspecified atom stereocenters. The molecule has 1 atom stereocenters. The number of carbonyl (C=O) groups excluding carboxylic acids is 2. The van der Waals surface area contributed by atoms with Crippen LogP contribution in [0.15, 0.2) is 40.3 Å². The van der Waals surface area contributed by atoms with Crippen molar-refractivity contribution in [2.45, 2.75) is 50.7 Å². The number of nitrogens with zero attached hydrogens (tertiary/aromatic N) is 2. The first-order valence-electron chi connectivity index (χ1n) is 10.7. The van der Waals surface area contributed by atoms with Gasteiger partial charge in [0.05, 0.1) is 5.39 Å². The molecule has 0 saturated heterocycles. The molecule has 0 spiro atoms. The van der Waals surface area contributed by atoms with Crippen LogP contribution >= 0.6 is 23.1 Å². The quantitative estimate of drug-likeness (QED) is 0.406. The Kier molecular flexibility index (Phi) is 6.95. The summed E-state index contributed by atoms with van der Waals surface area (Å²) in [5.41, 5.74) is 7.33. The molecule has 168 valence electrons. The fourth-order valence-corrected chi connectivity index (χ4v) is 6.42. The summed E-state index contributed by atoms with van der Waals surface area (Å²) >= 11 is 2.98. The van der Waals surface area contributed by atoms with Gasteiger partial charge in [0.2, 0.25) is 5.91 Å². The number of hydrogen-bond donors (Lipinski definition) is 2. The molecule has 1 aliphatic rings. The predicted molar refractivity (Wildman–Crippen MR) is 128 cm³/mol. The van der Waals surface area contributed by atoms with Crippen LogP contribution in [0.4, 0.5) is 4.79 Å². The van der Waals surface area contributed by atoms with Crippen LogP contribution in [0.25, 0.3) is 10.2 Å². The Morgan fingerprint density at radius 2 is 2.09 bits per heavy atom. The number of thiophene rings is 1. The maximum Gasteiger partial charge on any atom is 0.318 e. The normalized spacial score (nSPS) is 15.5. The summed E-state index contributed by atoms with van der Waals surface area (Å²) in [6, 6.07) is 9.18. The van der Waals surface area contributed by atoms with E-state index in [0.29, 0.717) is 29.8 Å². The second kappa shape index (κ2) is 9.87. The average molecular weight is 471 g/mol. The van der Waals surface area contributed by atoms with Crippen LogP contribution in [0.1, 0.15) is 35.8 Å². The van der Waals surface area contributed by atoms with Gasteiger partial charge in [-0.3, -0.25) is 19.5 Å². The minimum atomic E-state index is -0.863. The Bertz CT molecular complexity index is 1200. The molecule has 2 aromatic heterocycles. The third kappa shape index (κ3) is 5.05. The highest BCUT2D eigenvalue weighted by molar-refractivity contribution is 7.99. The number of imide groups is 1. The predicted octanol–water partition coefficient (Wildman–Crippen LogP) is 3.50. The second-order valence-corrected chi connectivity index (χ2v) is 10.3. The lowest BCUT2D eigenvalue weighted by atomic mass is 9.89. The Hall–Kier alpha value is -2.65. The van der Waals surface area contributed by atoms with Crippen molar-refractivity contribution in [1.29, 1.82) is 0 Å². The molecule has 4 rings (SSSR count). The van der Waals surface area contributed by atoms with Gasteiger partial charge in [0.1, 0.15) is 4.83 Å². The van der Waals surface area contributed by atoms with Crippen molar-refractivity contribution in [3.8, 4) is 0 Å². The maximum absolute atomic E-state index is 13.6. The first-order valence-corrected chi connectivity index (χ1v) is 12.5. The smallest absolute Gasteiger partial charge is 0.318 e. The van der Waals surface area contributed by atoms with E-state index in [1.165, 1.54) is 22.2 Å². The number of thioether (sulfide) groups is 1. The zero-order valence-electron chi connectivity index (χ0n) is 17.9. The Morgan fingerprint density at radius 3 is 2.84 bits per heavy atom. The van der Waals surface area contributed by atoms with Crippen molar-refractivity contribution < 1.29 is 9.59 Å². The van der Waals surface area contributed by atoms with E-state index >= 15 is 0 Å². The number of carbonyl (C=O) groups is 2. The van der Waals surface area contributed by atoms with Crippen molar-refractivity contribution in [3.63, 3.8) is 0 Å². The fourth-order valence-electron chi connectivity index (χ4n) is 4.03. The number of primary amides is 1. The summed E-state index contributed by atoms with van der Waals surface area (Å²) in [6.45, 7) is 2.76. The minimum absolute atomic E-state index is 0.00192. The summed E-state index contributed by atoms with van der Waals surface area (Å²) in [5, 5.41) is 3.44. The molecule has 3 aromatic rings. The van der Waals surface area contributed by atoms with Gasteiger partial charge in [-0.25, -0.2) is 9.78 Å². The topological polar surface area (TPSA) is 107 Å². The third-order valence-corrected chi connectivity index (χ3v) is 7.80. The van der Waals surface area contributed by atoms with Gasteiger partial charge < -0.3 is 5.73 Å².